The maximum atomic E-state index is 11.6. The fourth-order valence-electron chi connectivity index (χ4n) is 1.64. The van der Waals surface area contributed by atoms with Crippen LogP contribution < -0.4 is 0 Å². The Morgan fingerprint density at radius 2 is 2.47 bits per heavy atom. The van der Waals surface area contributed by atoms with Crippen molar-refractivity contribution in [3.05, 3.63) is 0 Å². The zero-order valence-corrected chi connectivity index (χ0v) is 9.66. The number of aliphatic hydroxyl groups is 1. The van der Waals surface area contributed by atoms with E-state index in [0.29, 0.717) is 31.0 Å². The van der Waals surface area contributed by atoms with Crippen molar-refractivity contribution >= 4 is 17.7 Å². The van der Waals surface area contributed by atoms with E-state index in [4.69, 9.17) is 5.26 Å². The summed E-state index contributed by atoms with van der Waals surface area (Å²) < 4.78 is 0. The summed E-state index contributed by atoms with van der Waals surface area (Å²) in [7, 11) is 0. The summed E-state index contributed by atoms with van der Waals surface area (Å²) in [5, 5.41) is 17.8. The Labute approximate surface area is 94.2 Å². The number of thioether (sulfide) groups is 1. The predicted octanol–water partition coefficient (Wildman–Crippen LogP) is 0.472. The molecule has 1 saturated heterocycles. The zero-order valence-electron chi connectivity index (χ0n) is 8.85. The second kappa shape index (κ2) is 5.99. The summed E-state index contributed by atoms with van der Waals surface area (Å²) in [5.74, 6) is 0.964. The highest BCUT2D eigenvalue weighted by Gasteiger charge is 2.26. The molecule has 0 saturated carbocycles. The first-order valence-electron chi connectivity index (χ1n) is 5.05. The first kappa shape index (κ1) is 12.3. The Morgan fingerprint density at radius 1 is 1.73 bits per heavy atom. The van der Waals surface area contributed by atoms with E-state index in [1.54, 1.807) is 4.90 Å². The van der Waals surface area contributed by atoms with E-state index in [0.717, 1.165) is 0 Å². The zero-order chi connectivity index (χ0) is 11.3. The quantitative estimate of drug-likeness (QED) is 0.713. The highest BCUT2D eigenvalue weighted by molar-refractivity contribution is 8.00. The van der Waals surface area contributed by atoms with Crippen LogP contribution in [0, 0.1) is 17.2 Å². The minimum atomic E-state index is -0.277. The number of aliphatic hydroxyl groups excluding tert-OH is 1. The normalized spacial score (nSPS) is 26.1. The van der Waals surface area contributed by atoms with Crippen LogP contribution in [0.5, 0.6) is 0 Å². The van der Waals surface area contributed by atoms with Crippen molar-refractivity contribution in [1.82, 2.24) is 4.90 Å². The van der Waals surface area contributed by atoms with Gasteiger partial charge in [-0.2, -0.15) is 5.26 Å². The summed E-state index contributed by atoms with van der Waals surface area (Å²) in [4.78, 5) is 13.4. The Kier molecular flexibility index (Phi) is 4.92. The molecule has 0 spiro atoms. The van der Waals surface area contributed by atoms with Crippen molar-refractivity contribution in [2.45, 2.75) is 19.4 Å². The van der Waals surface area contributed by atoms with Gasteiger partial charge in [-0.1, -0.05) is 6.92 Å². The van der Waals surface area contributed by atoms with E-state index in [9.17, 15) is 9.90 Å². The topological polar surface area (TPSA) is 64.3 Å². The SMILES string of the molecule is CC1CN(C(=O)CSCC#N)CCC1O. The van der Waals surface area contributed by atoms with Gasteiger partial charge in [0, 0.05) is 13.1 Å². The molecule has 1 aliphatic rings. The van der Waals surface area contributed by atoms with Gasteiger partial charge in [0.2, 0.25) is 5.91 Å². The molecule has 1 aliphatic heterocycles. The van der Waals surface area contributed by atoms with Gasteiger partial charge >= 0.3 is 0 Å². The molecule has 0 aromatic carbocycles. The number of nitriles is 1. The van der Waals surface area contributed by atoms with Crippen LogP contribution in [-0.4, -0.2) is 46.6 Å². The summed E-state index contributed by atoms with van der Waals surface area (Å²) in [6, 6.07) is 1.99. The Hall–Kier alpha value is -0.730. The van der Waals surface area contributed by atoms with Crippen LogP contribution in [0.3, 0.4) is 0 Å². The molecule has 2 unspecified atom stereocenters. The van der Waals surface area contributed by atoms with E-state index >= 15 is 0 Å². The molecule has 0 bridgehead atoms. The lowest BCUT2D eigenvalue weighted by molar-refractivity contribution is -0.131. The van der Waals surface area contributed by atoms with Crippen molar-refractivity contribution < 1.29 is 9.90 Å². The highest BCUT2D eigenvalue weighted by atomic mass is 32.2. The van der Waals surface area contributed by atoms with Gasteiger partial charge in [0.15, 0.2) is 0 Å². The Bertz CT molecular complexity index is 265. The maximum absolute atomic E-state index is 11.6. The first-order valence-corrected chi connectivity index (χ1v) is 6.21. The largest absolute Gasteiger partial charge is 0.393 e. The van der Waals surface area contributed by atoms with Crippen molar-refractivity contribution in [1.29, 1.82) is 5.26 Å². The van der Waals surface area contributed by atoms with E-state index < -0.39 is 0 Å². The third kappa shape index (κ3) is 3.73. The number of nitrogens with zero attached hydrogens (tertiary/aromatic N) is 2. The van der Waals surface area contributed by atoms with Gasteiger partial charge in [-0.25, -0.2) is 0 Å². The fourth-order valence-corrected chi connectivity index (χ4v) is 2.19. The molecule has 1 N–H and O–H groups in total. The van der Waals surface area contributed by atoms with Crippen molar-refractivity contribution in [2.75, 3.05) is 24.6 Å². The van der Waals surface area contributed by atoms with Crippen LogP contribution in [0.4, 0.5) is 0 Å². The third-order valence-corrected chi connectivity index (χ3v) is 3.39. The molecule has 2 atom stereocenters. The number of hydrogen-bond acceptors (Lipinski definition) is 4. The number of piperidine rings is 1. The van der Waals surface area contributed by atoms with Crippen LogP contribution in [0.15, 0.2) is 0 Å². The van der Waals surface area contributed by atoms with E-state index in [1.807, 2.05) is 13.0 Å². The maximum Gasteiger partial charge on any atom is 0.232 e. The lowest BCUT2D eigenvalue weighted by atomic mass is 9.97. The molecule has 84 valence electrons. The van der Waals surface area contributed by atoms with Crippen LogP contribution in [0.25, 0.3) is 0 Å². The molecule has 1 amide bonds. The Morgan fingerprint density at radius 3 is 3.07 bits per heavy atom. The predicted molar refractivity (Wildman–Crippen MR) is 59.3 cm³/mol. The number of carbonyl (C=O) groups is 1. The van der Waals surface area contributed by atoms with Crippen LogP contribution >= 0.6 is 11.8 Å². The molecular formula is C10H16N2O2S. The average molecular weight is 228 g/mol. The van der Waals surface area contributed by atoms with Crippen LogP contribution in [-0.2, 0) is 4.79 Å². The molecule has 4 nitrogen and oxygen atoms in total. The molecule has 0 aromatic rings. The minimum Gasteiger partial charge on any atom is -0.393 e. The minimum absolute atomic E-state index is 0.0778. The molecule has 0 aromatic heterocycles. The molecule has 1 rings (SSSR count). The van der Waals surface area contributed by atoms with E-state index in [-0.39, 0.29) is 17.9 Å². The van der Waals surface area contributed by atoms with E-state index in [2.05, 4.69) is 0 Å². The van der Waals surface area contributed by atoms with Gasteiger partial charge < -0.3 is 10.0 Å². The van der Waals surface area contributed by atoms with Gasteiger partial charge in [0.1, 0.15) is 0 Å². The van der Waals surface area contributed by atoms with Crippen LogP contribution in [0.2, 0.25) is 0 Å². The standard InChI is InChI=1S/C10H16N2O2S/c1-8-6-12(4-2-9(8)13)10(14)7-15-5-3-11/h8-9,13H,2,4-7H2,1H3. The molecule has 0 aliphatic carbocycles. The highest BCUT2D eigenvalue weighted by Crippen LogP contribution is 2.17. The van der Waals surface area contributed by atoms with E-state index in [1.165, 1.54) is 11.8 Å². The summed E-state index contributed by atoms with van der Waals surface area (Å²) in [6.07, 6.45) is 0.385. The van der Waals surface area contributed by atoms with Gasteiger partial charge in [-0.15, -0.1) is 11.8 Å². The van der Waals surface area contributed by atoms with Gasteiger partial charge in [0.25, 0.3) is 0 Å². The van der Waals surface area contributed by atoms with Crippen LogP contribution in [0.1, 0.15) is 13.3 Å². The molecule has 1 fully saturated rings. The molecular weight excluding hydrogens is 212 g/mol. The Balaban J connectivity index is 2.31. The summed E-state index contributed by atoms with van der Waals surface area (Å²) in [5.41, 5.74) is 0. The lowest BCUT2D eigenvalue weighted by Crippen LogP contribution is -2.45. The number of hydrogen-bond donors (Lipinski definition) is 1. The van der Waals surface area contributed by atoms with Gasteiger partial charge in [0.05, 0.1) is 23.7 Å². The number of amides is 1. The van der Waals surface area contributed by atoms with Gasteiger partial charge in [-0.05, 0) is 12.3 Å². The lowest BCUT2D eigenvalue weighted by Gasteiger charge is -2.34. The average Bonchev–Trinajstić information content (AvgIpc) is 2.22. The third-order valence-electron chi connectivity index (χ3n) is 2.60. The second-order valence-corrected chi connectivity index (χ2v) is 4.81. The second-order valence-electron chi connectivity index (χ2n) is 3.82. The number of rotatable bonds is 3. The smallest absolute Gasteiger partial charge is 0.232 e. The molecule has 15 heavy (non-hydrogen) atoms. The van der Waals surface area contributed by atoms with Crippen molar-refractivity contribution in [3.8, 4) is 6.07 Å². The fraction of sp³-hybridized carbons (Fsp3) is 0.800. The summed E-state index contributed by atoms with van der Waals surface area (Å²) >= 11 is 1.34. The number of likely N-dealkylation sites (tertiary alicyclic amines) is 1. The monoisotopic (exact) mass is 228 g/mol. The molecule has 5 heteroatoms. The molecule has 0 radical (unpaired) electrons. The van der Waals surface area contributed by atoms with Gasteiger partial charge in [-0.3, -0.25) is 4.79 Å². The van der Waals surface area contributed by atoms with Crippen molar-refractivity contribution in [3.63, 3.8) is 0 Å². The van der Waals surface area contributed by atoms with Crippen molar-refractivity contribution in [2.24, 2.45) is 5.92 Å². The summed E-state index contributed by atoms with van der Waals surface area (Å²) in [6.45, 7) is 3.22. The molecule has 1 heterocycles. The first-order chi connectivity index (χ1) is 7.15. The number of carbonyl (C=O) groups excluding carboxylic acids is 1.